The maximum absolute atomic E-state index is 11.5. The van der Waals surface area contributed by atoms with Gasteiger partial charge in [-0.1, -0.05) is 24.3 Å². The van der Waals surface area contributed by atoms with Crippen LogP contribution in [0.2, 0.25) is 0 Å². The molecule has 2 amide bonds. The van der Waals surface area contributed by atoms with Gasteiger partial charge in [-0.2, -0.15) is 13.1 Å². The summed E-state index contributed by atoms with van der Waals surface area (Å²) >= 11 is 0. The molecule has 1 aliphatic rings. The Hall–Kier alpha value is -2.98. The van der Waals surface area contributed by atoms with E-state index in [1.54, 1.807) is 18.3 Å². The van der Waals surface area contributed by atoms with Gasteiger partial charge in [0.2, 0.25) is 5.91 Å². The summed E-state index contributed by atoms with van der Waals surface area (Å²) in [4.78, 5) is 26.2. The maximum atomic E-state index is 11.5. The number of anilines is 1. The third-order valence-electron chi connectivity index (χ3n) is 3.83. The van der Waals surface area contributed by atoms with Gasteiger partial charge >= 0.3 is 16.4 Å². The Morgan fingerprint density at radius 1 is 1.23 bits per heavy atom. The van der Waals surface area contributed by atoms with E-state index in [4.69, 9.17) is 0 Å². The second-order valence-electron chi connectivity index (χ2n) is 5.61. The number of rotatable bonds is 5. The molecule has 9 nitrogen and oxygen atoms in total. The Labute approximate surface area is 149 Å². The number of nitrogens with zero attached hydrogens (tertiary/aromatic N) is 1. The summed E-state index contributed by atoms with van der Waals surface area (Å²) < 4.78 is 28.9. The van der Waals surface area contributed by atoms with E-state index in [1.807, 2.05) is 18.2 Å². The molecule has 1 aromatic carbocycles. The van der Waals surface area contributed by atoms with Gasteiger partial charge in [-0.3, -0.25) is 4.79 Å². The van der Waals surface area contributed by atoms with Crippen LogP contribution in [0.1, 0.15) is 17.5 Å². The number of nitrogens with two attached hydrogens (primary N) is 1. The monoisotopic (exact) mass is 376 g/mol. The molecular formula is C16H16N4O5S. The van der Waals surface area contributed by atoms with Gasteiger partial charge < -0.3 is 15.2 Å². The van der Waals surface area contributed by atoms with Crippen LogP contribution in [-0.4, -0.2) is 25.4 Å². The molecule has 4 N–H and O–H groups in total. The van der Waals surface area contributed by atoms with E-state index in [1.165, 1.54) is 0 Å². The van der Waals surface area contributed by atoms with Crippen LogP contribution in [0.5, 0.6) is 0 Å². The summed E-state index contributed by atoms with van der Waals surface area (Å²) in [5.41, 5.74) is 8.19. The molecule has 0 saturated carbocycles. The summed E-state index contributed by atoms with van der Waals surface area (Å²) in [5.74, 6) is 0.516. The number of carbonyl (C=O) groups is 2. The molecule has 0 aliphatic carbocycles. The average Bonchev–Trinajstić information content (AvgIpc) is 2.59. The number of primary amides is 1. The van der Waals surface area contributed by atoms with Gasteiger partial charge in [-0.05, 0) is 29.2 Å². The smallest absolute Gasteiger partial charge is 0.334 e. The summed E-state index contributed by atoms with van der Waals surface area (Å²) in [6.07, 6.45) is 1.24. The third-order valence-corrected chi connectivity index (χ3v) is 4.71. The van der Waals surface area contributed by atoms with Crippen molar-refractivity contribution in [1.82, 2.24) is 9.71 Å². The molecule has 1 aromatic heterocycles. The van der Waals surface area contributed by atoms with Crippen molar-refractivity contribution in [2.75, 3.05) is 5.32 Å². The average molecular weight is 376 g/mol. The zero-order valence-electron chi connectivity index (χ0n) is 13.6. The molecule has 0 unspecified atom stereocenters. The van der Waals surface area contributed by atoms with Crippen molar-refractivity contribution in [3.63, 3.8) is 0 Å². The lowest BCUT2D eigenvalue weighted by Crippen LogP contribution is -2.30. The summed E-state index contributed by atoms with van der Waals surface area (Å²) in [5, 5.41) is 2.76. The fourth-order valence-electron chi connectivity index (χ4n) is 2.67. The largest absolute Gasteiger partial charge is 0.421 e. The number of carbonyl (C=O) groups excluding carboxylic acids is 2. The third kappa shape index (κ3) is 4.16. The van der Waals surface area contributed by atoms with Crippen molar-refractivity contribution in [3.8, 4) is 11.1 Å². The molecular weight excluding hydrogens is 360 g/mol. The molecule has 0 bridgehead atoms. The zero-order valence-corrected chi connectivity index (χ0v) is 14.4. The van der Waals surface area contributed by atoms with Crippen LogP contribution >= 0.6 is 0 Å². The van der Waals surface area contributed by atoms with Crippen LogP contribution in [0.15, 0.2) is 36.5 Å². The van der Waals surface area contributed by atoms with Crippen LogP contribution in [0.3, 0.4) is 0 Å². The normalized spacial score (nSPS) is 13.6. The molecule has 0 radical (unpaired) electrons. The minimum atomic E-state index is -4.23. The maximum Gasteiger partial charge on any atom is 0.421 e. The molecule has 136 valence electrons. The SMILES string of the molecule is NC(=O)OS(=O)(=O)NCc1ccc(-c2ccnc3c2CCC(=O)N3)cc1. The second kappa shape index (κ2) is 7.10. The van der Waals surface area contributed by atoms with Crippen molar-refractivity contribution in [2.24, 2.45) is 5.73 Å². The van der Waals surface area contributed by atoms with E-state index in [0.29, 0.717) is 24.2 Å². The lowest BCUT2D eigenvalue weighted by Gasteiger charge is -2.19. The molecule has 2 aromatic rings. The highest BCUT2D eigenvalue weighted by molar-refractivity contribution is 7.85. The second-order valence-corrected chi connectivity index (χ2v) is 6.97. The summed E-state index contributed by atoms with van der Waals surface area (Å²) in [6, 6.07) is 9.04. The lowest BCUT2D eigenvalue weighted by atomic mass is 9.95. The number of hydrogen-bond acceptors (Lipinski definition) is 6. The molecule has 26 heavy (non-hydrogen) atoms. The molecule has 0 atom stereocenters. The van der Waals surface area contributed by atoms with Gasteiger partial charge in [0.15, 0.2) is 0 Å². The molecule has 1 aliphatic heterocycles. The van der Waals surface area contributed by atoms with Crippen LogP contribution < -0.4 is 15.8 Å². The van der Waals surface area contributed by atoms with Crippen LogP contribution in [0.4, 0.5) is 10.6 Å². The first-order valence-electron chi connectivity index (χ1n) is 7.69. The Balaban J connectivity index is 1.76. The van der Waals surface area contributed by atoms with Crippen LogP contribution in [0.25, 0.3) is 11.1 Å². The summed E-state index contributed by atoms with van der Waals surface area (Å²) in [7, 11) is -4.23. The van der Waals surface area contributed by atoms with Gasteiger partial charge in [0.05, 0.1) is 0 Å². The Kier molecular flexibility index (Phi) is 4.87. The Bertz CT molecular complexity index is 957. The van der Waals surface area contributed by atoms with Crippen molar-refractivity contribution >= 4 is 28.1 Å². The zero-order chi connectivity index (χ0) is 18.7. The number of amides is 2. The minimum Gasteiger partial charge on any atom is -0.334 e. The number of nitrogens with one attached hydrogen (secondary N) is 2. The molecule has 3 rings (SSSR count). The highest BCUT2D eigenvalue weighted by Gasteiger charge is 2.19. The fourth-order valence-corrected chi connectivity index (χ4v) is 3.29. The first kappa shape index (κ1) is 17.8. The van der Waals surface area contributed by atoms with E-state index in [-0.39, 0.29) is 12.5 Å². The van der Waals surface area contributed by atoms with Gasteiger partial charge in [0, 0.05) is 24.7 Å². The van der Waals surface area contributed by atoms with E-state index in [2.05, 4.69) is 24.9 Å². The van der Waals surface area contributed by atoms with Gasteiger partial charge in [-0.15, -0.1) is 0 Å². The topological polar surface area (TPSA) is 140 Å². The van der Waals surface area contributed by atoms with Crippen molar-refractivity contribution in [1.29, 1.82) is 0 Å². The van der Waals surface area contributed by atoms with Crippen LogP contribution in [0, 0.1) is 0 Å². The number of aromatic nitrogens is 1. The molecule has 0 spiro atoms. The molecule has 2 heterocycles. The number of pyridine rings is 1. The van der Waals surface area contributed by atoms with Gasteiger partial charge in [0.25, 0.3) is 0 Å². The van der Waals surface area contributed by atoms with E-state index >= 15 is 0 Å². The van der Waals surface area contributed by atoms with Gasteiger partial charge in [-0.25, -0.2) is 9.78 Å². The standard InChI is InChI=1S/C16H16N4O5S/c17-16(22)25-26(23,24)19-9-10-1-3-11(4-2-10)12-7-8-18-15-13(12)5-6-14(21)20-15/h1-4,7-8,19H,5-6,9H2,(H2,17,22)(H,18,20,21). The minimum absolute atomic E-state index is 0.0528. The van der Waals surface area contributed by atoms with Crippen LogP contribution in [-0.2, 0) is 32.2 Å². The molecule has 10 heteroatoms. The fraction of sp³-hybridized carbons (Fsp3) is 0.188. The van der Waals surface area contributed by atoms with Crippen molar-refractivity contribution < 1.29 is 22.2 Å². The quantitative estimate of drug-likeness (QED) is 0.713. The van der Waals surface area contributed by atoms with E-state index in [0.717, 1.165) is 16.7 Å². The van der Waals surface area contributed by atoms with E-state index in [9.17, 15) is 18.0 Å². The Morgan fingerprint density at radius 3 is 2.65 bits per heavy atom. The highest BCUT2D eigenvalue weighted by atomic mass is 32.2. The predicted molar refractivity (Wildman–Crippen MR) is 93.1 cm³/mol. The Morgan fingerprint density at radius 2 is 1.96 bits per heavy atom. The van der Waals surface area contributed by atoms with Crippen molar-refractivity contribution in [2.45, 2.75) is 19.4 Å². The molecule has 0 fully saturated rings. The first-order chi connectivity index (χ1) is 12.3. The summed E-state index contributed by atoms with van der Waals surface area (Å²) in [6.45, 7) is -0.0552. The molecule has 0 saturated heterocycles. The number of benzene rings is 1. The number of fused-ring (bicyclic) bond motifs is 1. The lowest BCUT2D eigenvalue weighted by molar-refractivity contribution is -0.116. The predicted octanol–water partition coefficient (Wildman–Crippen LogP) is 1.06. The van der Waals surface area contributed by atoms with Crippen molar-refractivity contribution in [3.05, 3.63) is 47.7 Å². The highest BCUT2D eigenvalue weighted by Crippen LogP contribution is 2.31. The van der Waals surface area contributed by atoms with Gasteiger partial charge in [0.1, 0.15) is 5.82 Å². The first-order valence-corrected chi connectivity index (χ1v) is 9.10. The number of hydrogen-bond donors (Lipinski definition) is 3. The van der Waals surface area contributed by atoms with E-state index < -0.39 is 16.4 Å².